The Bertz CT molecular complexity index is 346. The molecule has 2 amide bonds. The van der Waals surface area contributed by atoms with Crippen molar-refractivity contribution in [1.29, 1.82) is 0 Å². The van der Waals surface area contributed by atoms with Gasteiger partial charge in [0.25, 0.3) is 0 Å². The zero-order valence-electron chi connectivity index (χ0n) is 12.2. The van der Waals surface area contributed by atoms with Crippen LogP contribution in [-0.4, -0.2) is 77.5 Å². The van der Waals surface area contributed by atoms with Gasteiger partial charge in [0.05, 0.1) is 12.2 Å². The Morgan fingerprint density at radius 2 is 2.05 bits per heavy atom. The minimum atomic E-state index is -1.05. The SMILES string of the molecule is COCCN(CC(=O)O)C(=O)N1CCCC(C)(O)CC1. The maximum absolute atomic E-state index is 12.4. The number of methoxy groups -OCH3 is 1. The van der Waals surface area contributed by atoms with Gasteiger partial charge in [-0.05, 0) is 26.2 Å². The number of aliphatic carboxylic acids is 1. The van der Waals surface area contributed by atoms with Crippen LogP contribution in [0.5, 0.6) is 0 Å². The van der Waals surface area contributed by atoms with Crippen LogP contribution in [0.2, 0.25) is 0 Å². The third-order valence-electron chi connectivity index (χ3n) is 3.50. The van der Waals surface area contributed by atoms with E-state index in [0.29, 0.717) is 39.0 Å². The maximum atomic E-state index is 12.4. The molecule has 7 heteroatoms. The van der Waals surface area contributed by atoms with Gasteiger partial charge in [-0.25, -0.2) is 4.79 Å². The number of carbonyl (C=O) groups excluding carboxylic acids is 1. The number of urea groups is 1. The molecule has 0 bridgehead atoms. The molecule has 116 valence electrons. The number of carbonyl (C=O) groups is 2. The van der Waals surface area contributed by atoms with Crippen LogP contribution in [0.4, 0.5) is 4.79 Å². The minimum absolute atomic E-state index is 0.245. The summed E-state index contributed by atoms with van der Waals surface area (Å²) in [5.41, 5.74) is -0.751. The molecule has 1 rings (SSSR count). The highest BCUT2D eigenvalue weighted by Gasteiger charge is 2.29. The van der Waals surface area contributed by atoms with E-state index in [1.165, 1.54) is 12.0 Å². The number of carboxylic acid groups (broad SMARTS) is 1. The molecule has 0 aromatic carbocycles. The largest absolute Gasteiger partial charge is 0.480 e. The van der Waals surface area contributed by atoms with Crippen LogP contribution in [0.15, 0.2) is 0 Å². The summed E-state index contributed by atoms with van der Waals surface area (Å²) in [6.07, 6.45) is 1.86. The van der Waals surface area contributed by atoms with Crippen molar-refractivity contribution in [1.82, 2.24) is 9.80 Å². The van der Waals surface area contributed by atoms with Crippen LogP contribution in [0.25, 0.3) is 0 Å². The molecule has 0 radical (unpaired) electrons. The number of aliphatic hydroxyl groups is 1. The molecule has 20 heavy (non-hydrogen) atoms. The number of ether oxygens (including phenoxy) is 1. The van der Waals surface area contributed by atoms with Crippen molar-refractivity contribution in [2.45, 2.75) is 31.8 Å². The van der Waals surface area contributed by atoms with Crippen molar-refractivity contribution in [3.05, 3.63) is 0 Å². The van der Waals surface area contributed by atoms with Gasteiger partial charge in [-0.3, -0.25) is 4.79 Å². The number of amides is 2. The van der Waals surface area contributed by atoms with Gasteiger partial charge in [0, 0.05) is 26.7 Å². The van der Waals surface area contributed by atoms with Gasteiger partial charge in [0.2, 0.25) is 0 Å². The quantitative estimate of drug-likeness (QED) is 0.763. The van der Waals surface area contributed by atoms with E-state index in [2.05, 4.69) is 0 Å². The van der Waals surface area contributed by atoms with Gasteiger partial charge in [0.15, 0.2) is 0 Å². The van der Waals surface area contributed by atoms with Gasteiger partial charge < -0.3 is 24.7 Å². The number of hydrogen-bond donors (Lipinski definition) is 2. The lowest BCUT2D eigenvalue weighted by atomic mass is 9.98. The van der Waals surface area contributed by atoms with E-state index in [1.807, 2.05) is 0 Å². The van der Waals surface area contributed by atoms with Crippen LogP contribution in [0, 0.1) is 0 Å². The van der Waals surface area contributed by atoms with E-state index < -0.39 is 11.6 Å². The van der Waals surface area contributed by atoms with Crippen molar-refractivity contribution in [3.63, 3.8) is 0 Å². The average Bonchev–Trinajstić information content (AvgIpc) is 2.54. The second kappa shape index (κ2) is 7.44. The number of hydrogen-bond acceptors (Lipinski definition) is 4. The first-order valence-corrected chi connectivity index (χ1v) is 6.83. The molecular weight excluding hydrogens is 264 g/mol. The topological polar surface area (TPSA) is 90.3 Å². The first-order chi connectivity index (χ1) is 9.35. The zero-order valence-corrected chi connectivity index (χ0v) is 12.2. The van der Waals surface area contributed by atoms with Gasteiger partial charge in [-0.15, -0.1) is 0 Å². The lowest BCUT2D eigenvalue weighted by Gasteiger charge is -2.29. The van der Waals surface area contributed by atoms with Crippen molar-refractivity contribution >= 4 is 12.0 Å². The zero-order chi connectivity index (χ0) is 15.2. The molecule has 0 spiro atoms. The summed E-state index contributed by atoms with van der Waals surface area (Å²) in [4.78, 5) is 26.1. The predicted octanol–water partition coefficient (Wildman–Crippen LogP) is 0.376. The highest BCUT2D eigenvalue weighted by atomic mass is 16.5. The Balaban J connectivity index is 2.65. The van der Waals surface area contributed by atoms with Gasteiger partial charge in [-0.1, -0.05) is 0 Å². The molecule has 1 heterocycles. The fourth-order valence-corrected chi connectivity index (χ4v) is 2.26. The van der Waals surface area contributed by atoms with E-state index in [-0.39, 0.29) is 19.1 Å². The maximum Gasteiger partial charge on any atom is 0.323 e. The minimum Gasteiger partial charge on any atom is -0.480 e. The third-order valence-corrected chi connectivity index (χ3v) is 3.50. The average molecular weight is 288 g/mol. The molecule has 2 N–H and O–H groups in total. The Hall–Kier alpha value is -1.34. The standard InChI is InChI=1S/C13H24N2O5/c1-13(19)4-3-6-14(7-5-13)12(18)15(8-9-20-2)10-11(16)17/h19H,3-10H2,1-2H3,(H,16,17). The highest BCUT2D eigenvalue weighted by molar-refractivity contribution is 5.80. The molecule has 1 aliphatic heterocycles. The predicted molar refractivity (Wildman–Crippen MR) is 72.5 cm³/mol. The summed E-state index contributed by atoms with van der Waals surface area (Å²) in [6.45, 7) is 2.95. The molecular formula is C13H24N2O5. The van der Waals surface area contributed by atoms with Crippen molar-refractivity contribution in [2.75, 3.05) is 39.9 Å². The van der Waals surface area contributed by atoms with Crippen LogP contribution >= 0.6 is 0 Å². The van der Waals surface area contributed by atoms with Crippen molar-refractivity contribution < 1.29 is 24.5 Å². The Morgan fingerprint density at radius 1 is 1.35 bits per heavy atom. The molecule has 0 aromatic heterocycles. The van der Waals surface area contributed by atoms with E-state index >= 15 is 0 Å². The normalized spacial score (nSPS) is 23.2. The van der Waals surface area contributed by atoms with E-state index in [0.717, 1.165) is 0 Å². The molecule has 1 saturated heterocycles. The number of carboxylic acids is 1. The van der Waals surface area contributed by atoms with Crippen molar-refractivity contribution in [3.8, 4) is 0 Å². The van der Waals surface area contributed by atoms with Crippen LogP contribution in [0.3, 0.4) is 0 Å². The molecule has 0 saturated carbocycles. The first-order valence-electron chi connectivity index (χ1n) is 6.83. The summed E-state index contributed by atoms with van der Waals surface area (Å²) < 4.78 is 4.90. The lowest BCUT2D eigenvalue weighted by molar-refractivity contribution is -0.137. The van der Waals surface area contributed by atoms with Crippen LogP contribution in [-0.2, 0) is 9.53 Å². The summed E-state index contributed by atoms with van der Waals surface area (Å²) in [7, 11) is 1.51. The van der Waals surface area contributed by atoms with Gasteiger partial charge in [0.1, 0.15) is 6.54 Å². The molecule has 0 aromatic rings. The smallest absolute Gasteiger partial charge is 0.323 e. The van der Waals surface area contributed by atoms with E-state index in [9.17, 15) is 14.7 Å². The summed E-state index contributed by atoms with van der Waals surface area (Å²) >= 11 is 0. The number of rotatable bonds is 5. The third kappa shape index (κ3) is 5.34. The number of likely N-dealkylation sites (tertiary alicyclic amines) is 1. The molecule has 1 aliphatic rings. The monoisotopic (exact) mass is 288 g/mol. The first kappa shape index (κ1) is 16.7. The molecule has 0 aliphatic carbocycles. The second-order valence-corrected chi connectivity index (χ2v) is 5.43. The summed E-state index contributed by atoms with van der Waals surface area (Å²) in [6, 6.07) is -0.304. The molecule has 1 atom stereocenters. The summed E-state index contributed by atoms with van der Waals surface area (Å²) in [5.74, 6) is -1.05. The van der Waals surface area contributed by atoms with Crippen molar-refractivity contribution in [2.24, 2.45) is 0 Å². The number of nitrogens with zero attached hydrogens (tertiary/aromatic N) is 2. The van der Waals surface area contributed by atoms with Gasteiger partial charge >= 0.3 is 12.0 Å². The second-order valence-electron chi connectivity index (χ2n) is 5.43. The van der Waals surface area contributed by atoms with E-state index in [4.69, 9.17) is 9.84 Å². The fraction of sp³-hybridized carbons (Fsp3) is 0.846. The highest BCUT2D eigenvalue weighted by Crippen LogP contribution is 2.21. The van der Waals surface area contributed by atoms with E-state index in [1.54, 1.807) is 11.8 Å². The van der Waals surface area contributed by atoms with Crippen LogP contribution < -0.4 is 0 Å². The molecule has 1 fully saturated rings. The Labute approximate surface area is 119 Å². The molecule has 1 unspecified atom stereocenters. The van der Waals surface area contributed by atoms with Crippen LogP contribution in [0.1, 0.15) is 26.2 Å². The fourth-order valence-electron chi connectivity index (χ4n) is 2.26. The molecule has 7 nitrogen and oxygen atoms in total. The Morgan fingerprint density at radius 3 is 2.65 bits per heavy atom. The van der Waals surface area contributed by atoms with Gasteiger partial charge in [-0.2, -0.15) is 0 Å². The lowest BCUT2D eigenvalue weighted by Crippen LogP contribution is -2.47. The Kier molecular flexibility index (Phi) is 6.22. The summed E-state index contributed by atoms with van der Waals surface area (Å²) in [5, 5.41) is 18.9.